The summed E-state index contributed by atoms with van der Waals surface area (Å²) in [6, 6.07) is 6.41. The van der Waals surface area contributed by atoms with Gasteiger partial charge in [0.15, 0.2) is 0 Å². The van der Waals surface area contributed by atoms with Crippen LogP contribution in [0.3, 0.4) is 0 Å². The molecule has 0 amide bonds. The topological polar surface area (TPSA) is 143 Å². The molecule has 0 saturated carbocycles. The molecule has 0 radical (unpaired) electrons. The summed E-state index contributed by atoms with van der Waals surface area (Å²) in [4.78, 5) is 30.2. The molecule has 0 saturated heterocycles. The lowest BCUT2D eigenvalue weighted by Gasteiger charge is -2.11. The highest BCUT2D eigenvalue weighted by molar-refractivity contribution is 7.99. The third-order valence-electron chi connectivity index (χ3n) is 3.43. The highest BCUT2D eigenvalue weighted by Gasteiger charge is 2.20. The third kappa shape index (κ3) is 5.10. The van der Waals surface area contributed by atoms with Gasteiger partial charge >= 0.3 is 11.9 Å². The van der Waals surface area contributed by atoms with Crippen LogP contribution in [0.5, 0.6) is 0 Å². The van der Waals surface area contributed by atoms with Gasteiger partial charge in [0.1, 0.15) is 0 Å². The quantitative estimate of drug-likeness (QED) is 0.623. The number of nitrogens with zero attached hydrogens (tertiary/aromatic N) is 2. The lowest BCUT2D eigenvalue weighted by Crippen LogP contribution is -2.25. The fraction of sp³-hybridized carbons (Fsp3) is 0.188. The summed E-state index contributed by atoms with van der Waals surface area (Å²) >= 11 is 0. The van der Waals surface area contributed by atoms with E-state index in [4.69, 9.17) is 10.2 Å². The van der Waals surface area contributed by atoms with E-state index in [0.29, 0.717) is 5.69 Å². The van der Waals surface area contributed by atoms with Gasteiger partial charge in [0.05, 0.1) is 21.3 Å². The van der Waals surface area contributed by atoms with Crippen molar-refractivity contribution in [3.05, 3.63) is 42.9 Å². The lowest BCUT2D eigenvalue weighted by atomic mass is 10.1. The van der Waals surface area contributed by atoms with E-state index in [9.17, 15) is 18.9 Å². The van der Waals surface area contributed by atoms with Gasteiger partial charge in [-0.15, -0.1) is 0 Å². The first-order valence-electron chi connectivity index (χ1n) is 7.27. The second-order valence-corrected chi connectivity index (χ2v) is 7.31. The van der Waals surface area contributed by atoms with Crippen LogP contribution in [-0.2, 0) is 19.3 Å². The monoisotopic (exact) mass is 363 g/mol. The Bertz CT molecular complexity index is 892. The van der Waals surface area contributed by atoms with Gasteiger partial charge in [-0.25, -0.2) is 4.21 Å². The van der Waals surface area contributed by atoms with Gasteiger partial charge in [0, 0.05) is 40.8 Å². The van der Waals surface area contributed by atoms with E-state index in [1.54, 1.807) is 24.5 Å². The fourth-order valence-corrected chi connectivity index (χ4v) is 3.61. The van der Waals surface area contributed by atoms with E-state index in [1.807, 2.05) is 0 Å². The van der Waals surface area contributed by atoms with E-state index in [1.165, 1.54) is 18.3 Å². The molecule has 0 aromatic carbocycles. The summed E-state index contributed by atoms with van der Waals surface area (Å²) in [5, 5.41) is 24.8. The van der Waals surface area contributed by atoms with Crippen molar-refractivity contribution in [3.63, 3.8) is 0 Å². The first-order chi connectivity index (χ1) is 11.8. The van der Waals surface area contributed by atoms with Crippen LogP contribution in [0, 0.1) is 5.92 Å². The number of pyridine rings is 2. The molecule has 2 aromatic heterocycles. The summed E-state index contributed by atoms with van der Waals surface area (Å²) in [6.45, 7) is 0. The smallest absolute Gasteiger partial charge is 0.311 e. The number of hydrogen-bond donors (Lipinski definition) is 3. The Kier molecular flexibility index (Phi) is 5.84. The van der Waals surface area contributed by atoms with Crippen LogP contribution in [-0.4, -0.2) is 41.7 Å². The van der Waals surface area contributed by atoms with E-state index >= 15 is 0 Å². The molecule has 0 aliphatic rings. The molecule has 2 aromatic rings. The largest absolute Gasteiger partial charge is 0.481 e. The molecule has 2 atom stereocenters. The van der Waals surface area contributed by atoms with Crippen LogP contribution in [0.25, 0.3) is 11.3 Å². The van der Waals surface area contributed by atoms with Gasteiger partial charge < -0.3 is 10.2 Å². The first-order valence-corrected chi connectivity index (χ1v) is 8.96. The zero-order valence-electron chi connectivity index (χ0n) is 13.1. The Morgan fingerprint density at radius 1 is 1.20 bits per heavy atom. The minimum absolute atomic E-state index is 0.193. The number of carboxylic acids is 2. The number of aliphatic carboxylic acids is 2. The molecular formula is C16H17N3O5S. The average molecular weight is 363 g/mol. The van der Waals surface area contributed by atoms with Gasteiger partial charge in [-0.2, -0.15) is 0 Å². The van der Waals surface area contributed by atoms with Crippen LogP contribution in [0.2, 0.25) is 0 Å². The van der Waals surface area contributed by atoms with Crippen molar-refractivity contribution in [2.24, 2.45) is 11.1 Å². The SMILES string of the molecule is NS(=O)(=CC(CCC(=O)O)C(=O)O)c1ccnc(-c2ccncc2)c1. The average Bonchev–Trinajstić information content (AvgIpc) is 2.59. The summed E-state index contributed by atoms with van der Waals surface area (Å²) in [7, 11) is -3.29. The molecule has 0 fully saturated rings. The maximum atomic E-state index is 12.8. The molecule has 0 aliphatic heterocycles. The number of hydrogen-bond acceptors (Lipinski definition) is 5. The summed E-state index contributed by atoms with van der Waals surface area (Å²) in [5.41, 5.74) is 1.26. The van der Waals surface area contributed by atoms with E-state index in [2.05, 4.69) is 9.97 Å². The number of carboxylic acid groups (broad SMARTS) is 2. The molecule has 2 heterocycles. The molecule has 4 N–H and O–H groups in total. The number of rotatable bonds is 7. The summed E-state index contributed by atoms with van der Waals surface area (Å²) in [6.07, 6.45) is 4.05. The Morgan fingerprint density at radius 2 is 1.88 bits per heavy atom. The first kappa shape index (κ1) is 18.6. The Hall–Kier alpha value is -2.78. The van der Waals surface area contributed by atoms with Crippen molar-refractivity contribution in [3.8, 4) is 11.3 Å². The third-order valence-corrected chi connectivity index (χ3v) is 5.15. The Labute approximate surface area is 144 Å². The maximum Gasteiger partial charge on any atom is 0.311 e. The Balaban J connectivity index is 2.39. The van der Waals surface area contributed by atoms with Crippen molar-refractivity contribution >= 4 is 27.0 Å². The van der Waals surface area contributed by atoms with Crippen molar-refractivity contribution in [2.45, 2.75) is 17.7 Å². The standard InChI is InChI=1S/C16H17N3O5S/c17-25(24,10-12(16(22)23)1-2-15(20)21)13-5-8-19-14(9-13)11-3-6-18-7-4-11/h3-10,12H,1-2H2,(H2,17,24)(H,20,21)(H,22,23). The lowest BCUT2D eigenvalue weighted by molar-refractivity contribution is -0.140. The van der Waals surface area contributed by atoms with E-state index < -0.39 is 27.6 Å². The predicted molar refractivity (Wildman–Crippen MR) is 92.1 cm³/mol. The zero-order valence-corrected chi connectivity index (χ0v) is 13.9. The van der Waals surface area contributed by atoms with Crippen LogP contribution in [0.4, 0.5) is 0 Å². The van der Waals surface area contributed by atoms with E-state index in [-0.39, 0.29) is 17.7 Å². The fourth-order valence-electron chi connectivity index (χ4n) is 2.14. The Morgan fingerprint density at radius 3 is 2.48 bits per heavy atom. The van der Waals surface area contributed by atoms with Gasteiger partial charge in [0.2, 0.25) is 0 Å². The molecule has 132 valence electrons. The van der Waals surface area contributed by atoms with Crippen LogP contribution in [0.1, 0.15) is 12.8 Å². The van der Waals surface area contributed by atoms with Gasteiger partial charge in [-0.05, 0) is 30.7 Å². The number of aromatic nitrogens is 2. The highest BCUT2D eigenvalue weighted by atomic mass is 32.2. The molecule has 0 aliphatic carbocycles. The minimum atomic E-state index is -3.29. The van der Waals surface area contributed by atoms with E-state index in [0.717, 1.165) is 10.9 Å². The van der Waals surface area contributed by atoms with Crippen molar-refractivity contribution in [1.82, 2.24) is 9.97 Å². The second kappa shape index (κ2) is 7.86. The molecule has 0 bridgehead atoms. The van der Waals surface area contributed by atoms with Gasteiger partial charge in [-0.1, -0.05) is 0 Å². The van der Waals surface area contributed by atoms with Crippen LogP contribution in [0.15, 0.2) is 47.8 Å². The molecule has 2 unspecified atom stereocenters. The highest BCUT2D eigenvalue weighted by Crippen LogP contribution is 2.19. The molecule has 8 nitrogen and oxygen atoms in total. The molecule has 25 heavy (non-hydrogen) atoms. The van der Waals surface area contributed by atoms with Crippen molar-refractivity contribution in [2.75, 3.05) is 0 Å². The minimum Gasteiger partial charge on any atom is -0.481 e. The summed E-state index contributed by atoms with van der Waals surface area (Å²) in [5.74, 6) is -3.64. The van der Waals surface area contributed by atoms with Gasteiger partial charge in [-0.3, -0.25) is 24.7 Å². The molecular weight excluding hydrogens is 346 g/mol. The van der Waals surface area contributed by atoms with Crippen molar-refractivity contribution < 1.29 is 24.0 Å². The number of nitrogens with two attached hydrogens (primary N) is 1. The van der Waals surface area contributed by atoms with Crippen molar-refractivity contribution in [1.29, 1.82) is 0 Å². The van der Waals surface area contributed by atoms with Gasteiger partial charge in [0.25, 0.3) is 0 Å². The molecule has 0 spiro atoms. The maximum absolute atomic E-state index is 12.8. The predicted octanol–water partition coefficient (Wildman–Crippen LogP) is 1.03. The van der Waals surface area contributed by atoms with Crippen LogP contribution >= 0.6 is 0 Å². The summed E-state index contributed by atoms with van der Waals surface area (Å²) < 4.78 is 12.8. The second-order valence-electron chi connectivity index (χ2n) is 5.27. The number of carbonyl (C=O) groups is 2. The normalized spacial score (nSPS) is 14.3. The zero-order chi connectivity index (χ0) is 18.4. The molecule has 9 heteroatoms. The molecule has 2 rings (SSSR count). The van der Waals surface area contributed by atoms with Crippen LogP contribution < -0.4 is 5.14 Å².